The zero-order chi connectivity index (χ0) is 18.3. The summed E-state index contributed by atoms with van der Waals surface area (Å²) >= 11 is 0. The number of nitrogens with one attached hydrogen (secondary N) is 1. The van der Waals surface area contributed by atoms with Crippen LogP contribution in [0.1, 0.15) is 76.8 Å². The molecule has 2 aromatic rings. The van der Waals surface area contributed by atoms with Gasteiger partial charge in [-0.2, -0.15) is 0 Å². The third-order valence-electron chi connectivity index (χ3n) is 5.94. The van der Waals surface area contributed by atoms with Crippen LogP contribution in [0.15, 0.2) is 16.7 Å². The monoisotopic (exact) mass is 357 g/mol. The molecule has 2 N–H and O–H groups in total. The van der Waals surface area contributed by atoms with E-state index in [9.17, 15) is 5.11 Å². The summed E-state index contributed by atoms with van der Waals surface area (Å²) in [6.07, 6.45) is 9.25. The first-order chi connectivity index (χ1) is 12.4. The van der Waals surface area contributed by atoms with E-state index in [4.69, 9.17) is 9.40 Å². The number of aromatic nitrogens is 2. The average molecular weight is 357 g/mol. The maximum atomic E-state index is 9.94. The number of hydrogen-bond donors (Lipinski definition) is 2. The van der Waals surface area contributed by atoms with Gasteiger partial charge in [0, 0.05) is 17.5 Å². The first-order valence-corrected chi connectivity index (χ1v) is 10.1. The smallest absolute Gasteiger partial charge is 0.245 e. The number of aliphatic hydroxyl groups is 1. The van der Waals surface area contributed by atoms with Crippen LogP contribution in [0, 0.1) is 11.8 Å². The first kappa shape index (κ1) is 17.9. The van der Waals surface area contributed by atoms with Crippen molar-refractivity contribution in [1.29, 1.82) is 0 Å². The molecule has 3 heterocycles. The van der Waals surface area contributed by atoms with Crippen molar-refractivity contribution in [3.8, 4) is 0 Å². The second-order valence-electron chi connectivity index (χ2n) is 9.22. The Hall–Kier alpha value is -1.46. The van der Waals surface area contributed by atoms with Gasteiger partial charge in [0.1, 0.15) is 11.3 Å². The van der Waals surface area contributed by atoms with Gasteiger partial charge in [-0.05, 0) is 31.1 Å². The molecule has 0 spiro atoms. The Labute approximate surface area is 155 Å². The zero-order valence-corrected chi connectivity index (χ0v) is 16.2. The molecule has 5 heteroatoms. The van der Waals surface area contributed by atoms with Crippen LogP contribution in [0.25, 0.3) is 11.2 Å². The molecule has 142 valence electrons. The molecule has 0 radical (unpaired) electrons. The third-order valence-corrected chi connectivity index (χ3v) is 5.94. The lowest BCUT2D eigenvalue weighted by Gasteiger charge is -2.26. The van der Waals surface area contributed by atoms with E-state index in [0.717, 1.165) is 29.3 Å². The topological polar surface area (TPSA) is 71.2 Å². The van der Waals surface area contributed by atoms with Crippen LogP contribution >= 0.6 is 0 Å². The predicted molar refractivity (Wildman–Crippen MR) is 102 cm³/mol. The van der Waals surface area contributed by atoms with E-state index in [1.807, 2.05) is 12.3 Å². The fraction of sp³-hybridized carbons (Fsp3) is 0.714. The molecule has 5 nitrogen and oxygen atoms in total. The van der Waals surface area contributed by atoms with Crippen molar-refractivity contribution in [3.63, 3.8) is 0 Å². The maximum Gasteiger partial charge on any atom is 0.245 e. The summed E-state index contributed by atoms with van der Waals surface area (Å²) in [5.41, 5.74) is 2.34. The summed E-state index contributed by atoms with van der Waals surface area (Å²) in [7, 11) is 0. The summed E-state index contributed by atoms with van der Waals surface area (Å²) in [4.78, 5) is 9.36. The van der Waals surface area contributed by atoms with Gasteiger partial charge in [-0.15, -0.1) is 0 Å². The van der Waals surface area contributed by atoms with Crippen molar-refractivity contribution in [2.75, 3.05) is 6.61 Å². The van der Waals surface area contributed by atoms with E-state index in [1.165, 1.54) is 32.1 Å². The number of rotatable bonds is 4. The zero-order valence-electron chi connectivity index (χ0n) is 16.2. The van der Waals surface area contributed by atoms with Crippen LogP contribution in [0.3, 0.4) is 0 Å². The van der Waals surface area contributed by atoms with Gasteiger partial charge >= 0.3 is 0 Å². The second kappa shape index (κ2) is 6.93. The molecule has 2 aromatic heterocycles. The molecule has 1 aliphatic heterocycles. The average Bonchev–Trinajstić information content (AvgIpc) is 3.34. The van der Waals surface area contributed by atoms with Gasteiger partial charge < -0.3 is 14.8 Å². The van der Waals surface area contributed by atoms with Gasteiger partial charge in [-0.3, -0.25) is 0 Å². The van der Waals surface area contributed by atoms with Gasteiger partial charge in [-0.25, -0.2) is 9.97 Å². The SMILES string of the molecule is CC(C)(C)c1cc2nc([C@@H]3CCC[C@@H](CC4CC4)[C@H](CO)N3)cnc2o1. The highest BCUT2D eigenvalue weighted by atomic mass is 16.3. The lowest BCUT2D eigenvalue weighted by Crippen LogP contribution is -2.40. The van der Waals surface area contributed by atoms with Crippen LogP contribution in [0.5, 0.6) is 0 Å². The molecule has 0 bridgehead atoms. The Bertz CT molecular complexity index is 760. The molecule has 1 saturated heterocycles. The normalized spacial score (nSPS) is 27.6. The van der Waals surface area contributed by atoms with Crippen molar-refractivity contribution >= 4 is 11.2 Å². The molecule has 2 aliphatic rings. The van der Waals surface area contributed by atoms with E-state index >= 15 is 0 Å². The summed E-state index contributed by atoms with van der Waals surface area (Å²) in [6, 6.07) is 2.33. The molecule has 0 amide bonds. The van der Waals surface area contributed by atoms with Crippen molar-refractivity contribution in [2.24, 2.45) is 11.8 Å². The molecule has 1 saturated carbocycles. The molecular weight excluding hydrogens is 326 g/mol. The fourth-order valence-corrected chi connectivity index (χ4v) is 4.14. The Kier molecular flexibility index (Phi) is 4.78. The van der Waals surface area contributed by atoms with Gasteiger partial charge in [0.15, 0.2) is 0 Å². The lowest BCUT2D eigenvalue weighted by atomic mass is 9.90. The van der Waals surface area contributed by atoms with E-state index in [0.29, 0.717) is 11.6 Å². The summed E-state index contributed by atoms with van der Waals surface area (Å²) in [5, 5.41) is 13.6. The molecule has 4 rings (SSSR count). The molecule has 0 unspecified atom stereocenters. The van der Waals surface area contributed by atoms with Crippen LogP contribution in [-0.4, -0.2) is 27.7 Å². The van der Waals surface area contributed by atoms with Crippen molar-refractivity contribution in [1.82, 2.24) is 15.3 Å². The molecule has 1 aliphatic carbocycles. The minimum absolute atomic E-state index is 0.0544. The van der Waals surface area contributed by atoms with E-state index in [1.54, 1.807) is 0 Å². The summed E-state index contributed by atoms with van der Waals surface area (Å²) < 4.78 is 5.88. The van der Waals surface area contributed by atoms with Gasteiger partial charge in [0.25, 0.3) is 0 Å². The van der Waals surface area contributed by atoms with Crippen LogP contribution in [-0.2, 0) is 5.41 Å². The minimum atomic E-state index is -0.0544. The van der Waals surface area contributed by atoms with Crippen LogP contribution in [0.4, 0.5) is 0 Å². The highest BCUT2D eigenvalue weighted by molar-refractivity contribution is 5.69. The Balaban J connectivity index is 1.55. The Morgan fingerprint density at radius 2 is 2.04 bits per heavy atom. The molecule has 2 fully saturated rings. The van der Waals surface area contributed by atoms with Crippen molar-refractivity contribution in [3.05, 3.63) is 23.7 Å². The number of fused-ring (bicyclic) bond motifs is 1. The number of furan rings is 1. The Morgan fingerprint density at radius 3 is 2.73 bits per heavy atom. The highest BCUT2D eigenvalue weighted by Crippen LogP contribution is 2.39. The number of hydrogen-bond acceptors (Lipinski definition) is 5. The largest absolute Gasteiger partial charge is 0.441 e. The summed E-state index contributed by atoms with van der Waals surface area (Å²) in [6.45, 7) is 6.59. The lowest BCUT2D eigenvalue weighted by molar-refractivity contribution is 0.183. The predicted octanol–water partition coefficient (Wildman–Crippen LogP) is 4.11. The van der Waals surface area contributed by atoms with E-state index in [-0.39, 0.29) is 24.1 Å². The third kappa shape index (κ3) is 3.79. The van der Waals surface area contributed by atoms with E-state index < -0.39 is 0 Å². The van der Waals surface area contributed by atoms with Gasteiger partial charge in [0.05, 0.1) is 24.5 Å². The molecular formula is C21H31N3O2. The highest BCUT2D eigenvalue weighted by Gasteiger charge is 2.33. The maximum absolute atomic E-state index is 9.94. The molecule has 26 heavy (non-hydrogen) atoms. The molecule has 0 aromatic carbocycles. The quantitative estimate of drug-likeness (QED) is 0.861. The second-order valence-corrected chi connectivity index (χ2v) is 9.22. The van der Waals surface area contributed by atoms with Crippen LogP contribution in [0.2, 0.25) is 0 Å². The molecule has 3 atom stereocenters. The Morgan fingerprint density at radius 1 is 1.23 bits per heavy atom. The minimum Gasteiger partial charge on any atom is -0.441 e. The number of nitrogens with zero attached hydrogens (tertiary/aromatic N) is 2. The van der Waals surface area contributed by atoms with Crippen LogP contribution < -0.4 is 5.32 Å². The van der Waals surface area contributed by atoms with Crippen molar-refractivity contribution in [2.45, 2.75) is 76.8 Å². The standard InChI is InChI=1S/C21H31N3O2/c1-21(2,3)19-10-16-20(26-19)22-11-17(24-16)15-6-4-5-14(9-13-7-8-13)18(12-25)23-15/h10-11,13-15,18,23,25H,4-9,12H2,1-3H3/t14-,15-,18-/m0/s1. The van der Waals surface area contributed by atoms with Crippen molar-refractivity contribution < 1.29 is 9.52 Å². The number of aliphatic hydroxyl groups excluding tert-OH is 1. The van der Waals surface area contributed by atoms with Gasteiger partial charge in [0.2, 0.25) is 5.71 Å². The fourth-order valence-electron chi connectivity index (χ4n) is 4.14. The summed E-state index contributed by atoms with van der Waals surface area (Å²) in [5.74, 6) is 2.39. The first-order valence-electron chi connectivity index (χ1n) is 10.1. The van der Waals surface area contributed by atoms with Gasteiger partial charge in [-0.1, -0.05) is 40.0 Å². The van der Waals surface area contributed by atoms with E-state index in [2.05, 4.69) is 31.1 Å².